The van der Waals surface area contributed by atoms with Gasteiger partial charge in [-0.3, -0.25) is 9.88 Å². The first-order chi connectivity index (χ1) is 12.3. The van der Waals surface area contributed by atoms with E-state index in [4.69, 9.17) is 4.74 Å². The van der Waals surface area contributed by atoms with Crippen LogP contribution in [0.15, 0.2) is 47.4 Å². The molecule has 0 saturated carbocycles. The van der Waals surface area contributed by atoms with Crippen molar-refractivity contribution in [3.05, 3.63) is 70.2 Å². The molecule has 0 aromatic carbocycles. The van der Waals surface area contributed by atoms with Crippen LogP contribution < -0.4 is 0 Å². The Morgan fingerprint density at radius 1 is 1.20 bits per heavy atom. The summed E-state index contributed by atoms with van der Waals surface area (Å²) in [7, 11) is 0. The number of rotatable bonds is 6. The number of hydrogen-bond acceptors (Lipinski definition) is 5. The Morgan fingerprint density at radius 3 is 2.96 bits per heavy atom. The van der Waals surface area contributed by atoms with Crippen molar-refractivity contribution >= 4 is 11.3 Å². The van der Waals surface area contributed by atoms with Gasteiger partial charge in [-0.1, -0.05) is 6.07 Å². The second-order valence-corrected chi connectivity index (χ2v) is 7.13. The monoisotopic (exact) mass is 354 g/mol. The van der Waals surface area contributed by atoms with Crippen molar-refractivity contribution in [2.75, 3.05) is 6.54 Å². The van der Waals surface area contributed by atoms with Crippen LogP contribution in [-0.4, -0.2) is 26.0 Å². The van der Waals surface area contributed by atoms with Gasteiger partial charge in [-0.25, -0.2) is 4.98 Å². The van der Waals surface area contributed by atoms with Crippen molar-refractivity contribution in [1.29, 1.82) is 0 Å². The van der Waals surface area contributed by atoms with Crippen LogP contribution in [-0.2, 0) is 31.0 Å². The van der Waals surface area contributed by atoms with Crippen LogP contribution in [0.25, 0.3) is 0 Å². The van der Waals surface area contributed by atoms with Crippen LogP contribution in [0, 0.1) is 0 Å². The summed E-state index contributed by atoms with van der Waals surface area (Å²) in [6.45, 7) is 6.33. The van der Waals surface area contributed by atoms with Gasteiger partial charge in [0.1, 0.15) is 5.82 Å². The Kier molecular flexibility index (Phi) is 4.92. The van der Waals surface area contributed by atoms with Gasteiger partial charge >= 0.3 is 0 Å². The number of imidazole rings is 1. The molecule has 0 unspecified atom stereocenters. The van der Waals surface area contributed by atoms with E-state index in [1.54, 1.807) is 17.5 Å². The lowest BCUT2D eigenvalue weighted by Gasteiger charge is -2.34. The molecule has 1 atom stereocenters. The van der Waals surface area contributed by atoms with Gasteiger partial charge in [0.25, 0.3) is 0 Å². The quantitative estimate of drug-likeness (QED) is 0.678. The van der Waals surface area contributed by atoms with E-state index in [1.807, 2.05) is 24.4 Å². The molecule has 5 nitrogen and oxygen atoms in total. The van der Waals surface area contributed by atoms with Crippen molar-refractivity contribution in [2.45, 2.75) is 39.3 Å². The third-order valence-electron chi connectivity index (χ3n) is 4.69. The minimum Gasteiger partial charge on any atom is -0.369 e. The van der Waals surface area contributed by atoms with Gasteiger partial charge in [0.15, 0.2) is 0 Å². The predicted octanol–water partition coefficient (Wildman–Crippen LogP) is 3.63. The third kappa shape index (κ3) is 3.66. The van der Waals surface area contributed by atoms with E-state index in [-0.39, 0.29) is 0 Å². The predicted molar refractivity (Wildman–Crippen MR) is 98.1 cm³/mol. The van der Waals surface area contributed by atoms with E-state index in [0.29, 0.717) is 19.3 Å². The van der Waals surface area contributed by atoms with Crippen molar-refractivity contribution in [2.24, 2.45) is 0 Å². The second kappa shape index (κ2) is 7.47. The Bertz CT molecular complexity index is 800. The first-order valence-electron chi connectivity index (χ1n) is 8.58. The fourth-order valence-electron chi connectivity index (χ4n) is 3.30. The molecule has 1 aliphatic heterocycles. The van der Waals surface area contributed by atoms with Gasteiger partial charge in [0.05, 0.1) is 36.8 Å². The number of thiophene rings is 1. The highest BCUT2D eigenvalue weighted by atomic mass is 32.1. The Labute approximate surface area is 151 Å². The topological polar surface area (TPSA) is 43.2 Å². The fraction of sp³-hybridized carbons (Fsp3) is 0.368. The van der Waals surface area contributed by atoms with Gasteiger partial charge in [-0.15, -0.1) is 0 Å². The molecule has 4 heterocycles. The number of nitrogens with zero attached hydrogens (tertiary/aromatic N) is 4. The maximum atomic E-state index is 5.84. The molecular weight excluding hydrogens is 332 g/mol. The summed E-state index contributed by atoms with van der Waals surface area (Å²) in [4.78, 5) is 11.4. The smallest absolute Gasteiger partial charge is 0.126 e. The highest BCUT2D eigenvalue weighted by Crippen LogP contribution is 2.27. The molecule has 3 aromatic rings. The number of aromatic nitrogens is 3. The molecule has 130 valence electrons. The number of fused-ring (bicyclic) bond motifs is 1. The number of hydrogen-bond donors (Lipinski definition) is 0. The minimum absolute atomic E-state index is 0.318. The molecule has 25 heavy (non-hydrogen) atoms. The first kappa shape index (κ1) is 16.4. The third-order valence-corrected chi connectivity index (χ3v) is 5.43. The zero-order valence-electron chi connectivity index (χ0n) is 14.3. The van der Waals surface area contributed by atoms with Gasteiger partial charge in [-0.2, -0.15) is 11.3 Å². The van der Waals surface area contributed by atoms with E-state index < -0.39 is 0 Å². The average Bonchev–Trinajstić information content (AvgIpc) is 3.29. The van der Waals surface area contributed by atoms with Crippen molar-refractivity contribution < 1.29 is 4.74 Å². The summed E-state index contributed by atoms with van der Waals surface area (Å²) in [6.07, 6.45) is 3.75. The summed E-state index contributed by atoms with van der Waals surface area (Å²) in [5, 5.41) is 4.37. The molecule has 6 heteroatoms. The van der Waals surface area contributed by atoms with E-state index in [1.165, 1.54) is 5.56 Å². The standard InChI is InChI=1S/C19H22N4OS/c1-15-19-21-10-18(13-24-12-17-4-2-3-6-20-17)23(19)8-7-22(15)11-16-5-9-25-14-16/h2-6,9-10,14-15H,7-8,11-13H2,1H3/t15-/m0/s1. The largest absolute Gasteiger partial charge is 0.369 e. The average molecular weight is 354 g/mol. The van der Waals surface area contributed by atoms with E-state index in [0.717, 1.165) is 36.8 Å². The molecule has 0 saturated heterocycles. The fourth-order valence-corrected chi connectivity index (χ4v) is 3.96. The first-order valence-corrected chi connectivity index (χ1v) is 9.52. The molecular formula is C19H22N4OS. The molecule has 0 aliphatic carbocycles. The van der Waals surface area contributed by atoms with Crippen LogP contribution >= 0.6 is 11.3 Å². The van der Waals surface area contributed by atoms with Crippen molar-refractivity contribution in [3.8, 4) is 0 Å². The maximum absolute atomic E-state index is 5.84. The zero-order valence-corrected chi connectivity index (χ0v) is 15.2. The summed E-state index contributed by atoms with van der Waals surface area (Å²) < 4.78 is 8.15. The molecule has 0 radical (unpaired) electrons. The molecule has 0 amide bonds. The molecule has 0 fully saturated rings. The van der Waals surface area contributed by atoms with Crippen LogP contribution in [0.4, 0.5) is 0 Å². The van der Waals surface area contributed by atoms with Crippen LogP contribution in [0.1, 0.15) is 35.7 Å². The highest BCUT2D eigenvalue weighted by molar-refractivity contribution is 7.07. The summed E-state index contributed by atoms with van der Waals surface area (Å²) in [6, 6.07) is 8.40. The SMILES string of the molecule is C[C@H]1c2ncc(COCc3ccccn3)n2CCN1Cc1ccsc1. The Balaban J connectivity index is 1.39. The lowest BCUT2D eigenvalue weighted by atomic mass is 10.2. The highest BCUT2D eigenvalue weighted by Gasteiger charge is 2.27. The van der Waals surface area contributed by atoms with Crippen LogP contribution in [0.3, 0.4) is 0 Å². The van der Waals surface area contributed by atoms with Crippen molar-refractivity contribution in [3.63, 3.8) is 0 Å². The Morgan fingerprint density at radius 2 is 2.16 bits per heavy atom. The normalized spacial score (nSPS) is 17.6. The number of pyridine rings is 1. The van der Waals surface area contributed by atoms with E-state index in [9.17, 15) is 0 Å². The zero-order chi connectivity index (χ0) is 17.1. The minimum atomic E-state index is 0.318. The molecule has 0 N–H and O–H groups in total. The lowest BCUT2D eigenvalue weighted by Crippen LogP contribution is -2.37. The van der Waals surface area contributed by atoms with Gasteiger partial charge in [0.2, 0.25) is 0 Å². The van der Waals surface area contributed by atoms with Gasteiger partial charge in [-0.05, 0) is 41.4 Å². The molecule has 4 rings (SSSR count). The maximum Gasteiger partial charge on any atom is 0.126 e. The summed E-state index contributed by atoms with van der Waals surface area (Å²) in [5.41, 5.74) is 3.49. The van der Waals surface area contributed by atoms with Gasteiger partial charge < -0.3 is 9.30 Å². The molecule has 0 bridgehead atoms. The van der Waals surface area contributed by atoms with Gasteiger partial charge in [0, 0.05) is 25.8 Å². The van der Waals surface area contributed by atoms with Crippen molar-refractivity contribution in [1.82, 2.24) is 19.4 Å². The molecule has 1 aliphatic rings. The molecule has 3 aromatic heterocycles. The lowest BCUT2D eigenvalue weighted by molar-refractivity contribution is 0.0949. The summed E-state index contributed by atoms with van der Waals surface area (Å²) >= 11 is 1.76. The second-order valence-electron chi connectivity index (χ2n) is 6.35. The Hall–Kier alpha value is -2.02. The molecule has 0 spiro atoms. The number of ether oxygens (including phenoxy) is 1. The summed E-state index contributed by atoms with van der Waals surface area (Å²) in [5.74, 6) is 1.14. The van der Waals surface area contributed by atoms with E-state index >= 15 is 0 Å². The van der Waals surface area contributed by atoms with Crippen LogP contribution in [0.2, 0.25) is 0 Å². The van der Waals surface area contributed by atoms with Crippen LogP contribution in [0.5, 0.6) is 0 Å². The van der Waals surface area contributed by atoms with E-state index in [2.05, 4.69) is 43.2 Å².